The molecule has 0 saturated carbocycles. The smallest absolute Gasteiger partial charge is 0.417 e. The van der Waals surface area contributed by atoms with E-state index in [2.05, 4.69) is 4.72 Å². The van der Waals surface area contributed by atoms with E-state index < -0.39 is 31.7 Å². The SMILES string of the molecule is O=S(=O)(Nc1ccc2c(c1)OCCO2)c1ccc(Cl)c(C(F)(F)F)c1. The van der Waals surface area contributed by atoms with E-state index in [9.17, 15) is 21.6 Å². The third-order valence-electron chi connectivity index (χ3n) is 3.35. The van der Waals surface area contributed by atoms with Crippen LogP contribution >= 0.6 is 11.6 Å². The van der Waals surface area contributed by atoms with Gasteiger partial charge >= 0.3 is 6.18 Å². The van der Waals surface area contributed by atoms with Crippen molar-refractivity contribution in [2.24, 2.45) is 0 Å². The first-order chi connectivity index (χ1) is 11.7. The molecule has 2 aromatic rings. The lowest BCUT2D eigenvalue weighted by Crippen LogP contribution is -2.17. The highest BCUT2D eigenvalue weighted by Crippen LogP contribution is 2.37. The van der Waals surface area contributed by atoms with Gasteiger partial charge in [0.15, 0.2) is 11.5 Å². The number of hydrogen-bond acceptors (Lipinski definition) is 4. The molecule has 134 valence electrons. The number of sulfonamides is 1. The molecule has 0 bridgehead atoms. The minimum absolute atomic E-state index is 0.132. The highest BCUT2D eigenvalue weighted by molar-refractivity contribution is 7.92. The van der Waals surface area contributed by atoms with Gasteiger partial charge in [0.05, 0.1) is 21.2 Å². The van der Waals surface area contributed by atoms with E-state index in [0.717, 1.165) is 12.1 Å². The molecule has 3 rings (SSSR count). The Balaban J connectivity index is 1.92. The molecule has 1 aliphatic rings. The third-order valence-corrected chi connectivity index (χ3v) is 5.06. The van der Waals surface area contributed by atoms with Crippen LogP contribution in [0.3, 0.4) is 0 Å². The lowest BCUT2D eigenvalue weighted by Gasteiger charge is -2.19. The van der Waals surface area contributed by atoms with Crippen LogP contribution in [0.5, 0.6) is 11.5 Å². The lowest BCUT2D eigenvalue weighted by molar-refractivity contribution is -0.137. The van der Waals surface area contributed by atoms with Gasteiger partial charge in [0.2, 0.25) is 0 Å². The second kappa shape index (κ2) is 6.30. The molecule has 0 amide bonds. The van der Waals surface area contributed by atoms with Crippen LogP contribution in [0.25, 0.3) is 0 Å². The Morgan fingerprint density at radius 3 is 2.36 bits per heavy atom. The summed E-state index contributed by atoms with van der Waals surface area (Å²) in [5, 5.41) is -0.578. The molecule has 0 aliphatic carbocycles. The maximum Gasteiger partial charge on any atom is 0.417 e. The number of fused-ring (bicyclic) bond motifs is 1. The van der Waals surface area contributed by atoms with Crippen LogP contribution in [-0.2, 0) is 16.2 Å². The number of anilines is 1. The number of rotatable bonds is 3. The standard InChI is InChI=1S/C15H11ClF3NO4S/c16-12-3-2-10(8-11(12)15(17,18)19)25(21,22)20-9-1-4-13-14(7-9)24-6-5-23-13/h1-4,7-8,20H,5-6H2. The summed E-state index contributed by atoms with van der Waals surface area (Å²) in [7, 11) is -4.24. The first kappa shape index (κ1) is 17.7. The Kier molecular flexibility index (Phi) is 4.46. The number of benzene rings is 2. The first-order valence-electron chi connectivity index (χ1n) is 6.96. The quantitative estimate of drug-likeness (QED) is 0.858. The van der Waals surface area contributed by atoms with E-state index in [1.807, 2.05) is 0 Å². The van der Waals surface area contributed by atoms with Crippen LogP contribution in [0.2, 0.25) is 5.02 Å². The fourth-order valence-corrected chi connectivity index (χ4v) is 3.51. The Bertz CT molecular complexity index is 915. The minimum atomic E-state index is -4.76. The fraction of sp³-hybridized carbons (Fsp3) is 0.200. The van der Waals surface area contributed by atoms with E-state index in [-0.39, 0.29) is 5.69 Å². The monoisotopic (exact) mass is 393 g/mol. The van der Waals surface area contributed by atoms with Crippen LogP contribution in [0.1, 0.15) is 5.56 Å². The predicted octanol–water partition coefficient (Wildman–Crippen LogP) is 3.93. The maximum atomic E-state index is 12.9. The highest BCUT2D eigenvalue weighted by atomic mass is 35.5. The van der Waals surface area contributed by atoms with Gasteiger partial charge in [-0.05, 0) is 30.3 Å². The molecule has 0 saturated heterocycles. The van der Waals surface area contributed by atoms with Crippen molar-refractivity contribution in [2.75, 3.05) is 17.9 Å². The topological polar surface area (TPSA) is 64.6 Å². The van der Waals surface area contributed by atoms with Crippen LogP contribution < -0.4 is 14.2 Å². The van der Waals surface area contributed by atoms with Crippen molar-refractivity contribution in [2.45, 2.75) is 11.1 Å². The van der Waals surface area contributed by atoms with Gasteiger partial charge in [0.25, 0.3) is 10.0 Å². The third kappa shape index (κ3) is 3.77. The van der Waals surface area contributed by atoms with Crippen molar-refractivity contribution < 1.29 is 31.1 Å². The highest BCUT2D eigenvalue weighted by Gasteiger charge is 2.34. The van der Waals surface area contributed by atoms with Crippen molar-refractivity contribution >= 4 is 27.3 Å². The Morgan fingerprint density at radius 2 is 1.68 bits per heavy atom. The molecule has 1 heterocycles. The Morgan fingerprint density at radius 1 is 1.00 bits per heavy atom. The molecular weight excluding hydrogens is 383 g/mol. The molecule has 0 fully saturated rings. The van der Waals surface area contributed by atoms with Crippen molar-refractivity contribution in [3.8, 4) is 11.5 Å². The summed E-state index contributed by atoms with van der Waals surface area (Å²) in [5.74, 6) is 0.804. The predicted molar refractivity (Wildman–Crippen MR) is 84.7 cm³/mol. The largest absolute Gasteiger partial charge is 0.486 e. The van der Waals surface area contributed by atoms with Crippen molar-refractivity contribution in [1.82, 2.24) is 0 Å². The molecule has 0 unspecified atom stereocenters. The van der Waals surface area contributed by atoms with Gasteiger partial charge in [0.1, 0.15) is 13.2 Å². The Labute approximate surface area is 146 Å². The molecule has 10 heteroatoms. The summed E-state index contributed by atoms with van der Waals surface area (Å²) in [5.41, 5.74) is -1.09. The lowest BCUT2D eigenvalue weighted by atomic mass is 10.2. The zero-order valence-corrected chi connectivity index (χ0v) is 14.0. The van der Waals surface area contributed by atoms with Gasteiger partial charge in [-0.15, -0.1) is 0 Å². The molecule has 5 nitrogen and oxygen atoms in total. The molecule has 0 radical (unpaired) electrons. The second-order valence-electron chi connectivity index (χ2n) is 5.10. The zero-order valence-electron chi connectivity index (χ0n) is 12.4. The fourth-order valence-electron chi connectivity index (χ4n) is 2.21. The number of alkyl halides is 3. The average molecular weight is 394 g/mol. The molecule has 0 spiro atoms. The summed E-state index contributed by atoms with van der Waals surface area (Å²) in [4.78, 5) is -0.556. The second-order valence-corrected chi connectivity index (χ2v) is 7.19. The summed E-state index contributed by atoms with van der Waals surface area (Å²) in [6, 6.07) is 6.71. The molecule has 2 aromatic carbocycles. The first-order valence-corrected chi connectivity index (χ1v) is 8.82. The van der Waals surface area contributed by atoms with Gasteiger partial charge in [-0.25, -0.2) is 8.42 Å². The summed E-state index contributed by atoms with van der Waals surface area (Å²) < 4.78 is 76.3. The van der Waals surface area contributed by atoms with Crippen molar-refractivity contribution in [3.05, 3.63) is 47.0 Å². The molecule has 1 aliphatic heterocycles. The van der Waals surface area contributed by atoms with Crippen molar-refractivity contribution in [1.29, 1.82) is 0 Å². The molecule has 25 heavy (non-hydrogen) atoms. The van der Waals surface area contributed by atoms with Crippen molar-refractivity contribution in [3.63, 3.8) is 0 Å². The van der Waals surface area contributed by atoms with E-state index in [1.165, 1.54) is 18.2 Å². The maximum absolute atomic E-state index is 12.9. The van der Waals surface area contributed by atoms with Gasteiger partial charge in [-0.1, -0.05) is 11.6 Å². The van der Waals surface area contributed by atoms with Crippen LogP contribution in [0, 0.1) is 0 Å². The van der Waals surface area contributed by atoms with E-state index in [1.54, 1.807) is 0 Å². The van der Waals surface area contributed by atoms with Crippen LogP contribution in [0.15, 0.2) is 41.3 Å². The number of nitrogens with one attached hydrogen (secondary N) is 1. The van der Waals surface area contributed by atoms with Gasteiger partial charge in [0, 0.05) is 6.07 Å². The van der Waals surface area contributed by atoms with Gasteiger partial charge in [-0.2, -0.15) is 13.2 Å². The molecule has 0 aromatic heterocycles. The van der Waals surface area contributed by atoms with E-state index in [0.29, 0.717) is 30.8 Å². The van der Waals surface area contributed by atoms with Crippen LogP contribution in [0.4, 0.5) is 18.9 Å². The number of ether oxygens (including phenoxy) is 2. The molecule has 1 N–H and O–H groups in total. The van der Waals surface area contributed by atoms with Gasteiger partial charge in [-0.3, -0.25) is 4.72 Å². The van der Waals surface area contributed by atoms with Gasteiger partial charge < -0.3 is 9.47 Å². The summed E-state index contributed by atoms with van der Waals surface area (Å²) in [6.07, 6.45) is -4.76. The van der Waals surface area contributed by atoms with E-state index >= 15 is 0 Å². The number of hydrogen-bond donors (Lipinski definition) is 1. The molecule has 0 atom stereocenters. The van der Waals surface area contributed by atoms with Crippen LogP contribution in [-0.4, -0.2) is 21.6 Å². The zero-order chi connectivity index (χ0) is 18.2. The molecular formula is C15H11ClF3NO4S. The average Bonchev–Trinajstić information content (AvgIpc) is 2.53. The minimum Gasteiger partial charge on any atom is -0.486 e. The summed E-state index contributed by atoms with van der Waals surface area (Å²) >= 11 is 5.50. The summed E-state index contributed by atoms with van der Waals surface area (Å²) in [6.45, 7) is 0.693. The normalized spacial score (nSPS) is 14.2. The van der Waals surface area contributed by atoms with E-state index in [4.69, 9.17) is 21.1 Å². The number of halogens is 4. The Hall–Kier alpha value is -2.13.